The first-order valence-electron chi connectivity index (χ1n) is 2.76. The van der Waals surface area contributed by atoms with Crippen LogP contribution >= 0.6 is 46.4 Å². The molecule has 1 unspecified atom stereocenters. The van der Waals surface area contributed by atoms with Gasteiger partial charge in [0.1, 0.15) is 4.87 Å². The number of alkyl halides is 5. The normalized spacial score (nSPS) is 17.1. The standard InChI is InChI=1S/C5H5Cl4FO2/c6-2-4(7,1-3(11)12)5(8,9)10/h1-2H2,(H,11,12). The van der Waals surface area contributed by atoms with Gasteiger partial charge >= 0.3 is 5.97 Å². The van der Waals surface area contributed by atoms with Crippen molar-refractivity contribution in [3.8, 4) is 0 Å². The van der Waals surface area contributed by atoms with E-state index in [1.165, 1.54) is 0 Å². The third kappa shape index (κ3) is 3.13. The van der Waals surface area contributed by atoms with E-state index in [0.717, 1.165) is 0 Å². The molecule has 0 aliphatic rings. The quantitative estimate of drug-likeness (QED) is 0.787. The maximum atomic E-state index is 12.8. The molecule has 0 saturated carbocycles. The molecule has 72 valence electrons. The lowest BCUT2D eigenvalue weighted by molar-refractivity contribution is -0.137. The Morgan fingerprint density at radius 2 is 1.83 bits per heavy atom. The van der Waals surface area contributed by atoms with E-state index in [1.807, 2.05) is 0 Å². The van der Waals surface area contributed by atoms with Crippen LogP contribution in [0.1, 0.15) is 6.42 Å². The van der Waals surface area contributed by atoms with Gasteiger partial charge in [0, 0.05) is 5.88 Å². The lowest BCUT2D eigenvalue weighted by atomic mass is 10.1. The lowest BCUT2D eigenvalue weighted by Gasteiger charge is -2.28. The number of halogens is 5. The number of carboxylic acids is 1. The summed E-state index contributed by atoms with van der Waals surface area (Å²) in [6.45, 7) is 0. The summed E-state index contributed by atoms with van der Waals surface area (Å²) in [5.74, 6) is -1.82. The van der Waals surface area contributed by atoms with Crippen LogP contribution in [-0.2, 0) is 4.79 Å². The van der Waals surface area contributed by atoms with Gasteiger partial charge in [-0.2, -0.15) is 0 Å². The molecular formula is C5H5Cl4FO2. The summed E-state index contributed by atoms with van der Waals surface area (Å²) >= 11 is 20.7. The van der Waals surface area contributed by atoms with Crippen LogP contribution in [0.5, 0.6) is 0 Å². The highest BCUT2D eigenvalue weighted by Gasteiger charge is 2.50. The third-order valence-electron chi connectivity index (χ3n) is 1.15. The zero-order chi connectivity index (χ0) is 9.99. The molecule has 1 N–H and O–H groups in total. The lowest BCUT2D eigenvalue weighted by Crippen LogP contribution is -2.41. The predicted molar refractivity (Wildman–Crippen MR) is 47.1 cm³/mol. The second-order valence-corrected chi connectivity index (χ2v) is 4.39. The molecule has 0 aromatic carbocycles. The summed E-state index contributed by atoms with van der Waals surface area (Å²) in [6.07, 6.45) is -0.748. The highest BCUT2D eigenvalue weighted by Crippen LogP contribution is 2.43. The number of carbonyl (C=O) groups is 1. The molecule has 0 fully saturated rings. The van der Waals surface area contributed by atoms with Gasteiger partial charge in [0.05, 0.1) is 6.42 Å². The van der Waals surface area contributed by atoms with Crippen LogP contribution in [0.2, 0.25) is 0 Å². The zero-order valence-electron chi connectivity index (χ0n) is 5.66. The van der Waals surface area contributed by atoms with Gasteiger partial charge in [-0.15, -0.1) is 23.2 Å². The first-order valence-corrected chi connectivity index (χ1v) is 4.43. The Hall–Kier alpha value is 0.560. The molecule has 0 heterocycles. The molecule has 0 radical (unpaired) electrons. The number of hydrogen-bond acceptors (Lipinski definition) is 1. The van der Waals surface area contributed by atoms with E-state index in [9.17, 15) is 9.18 Å². The first-order chi connectivity index (χ1) is 5.23. The minimum Gasteiger partial charge on any atom is -0.481 e. The second-order valence-electron chi connectivity index (χ2n) is 2.17. The molecule has 0 aliphatic carbocycles. The van der Waals surface area contributed by atoms with Crippen LogP contribution in [0.15, 0.2) is 0 Å². The van der Waals surface area contributed by atoms with Gasteiger partial charge in [0.2, 0.25) is 0 Å². The first kappa shape index (κ1) is 12.6. The fourth-order valence-corrected chi connectivity index (χ4v) is 1.26. The molecule has 0 aromatic heterocycles. The number of carboxylic acid groups (broad SMARTS) is 1. The van der Waals surface area contributed by atoms with E-state index < -0.39 is 27.7 Å². The van der Waals surface area contributed by atoms with Gasteiger partial charge in [-0.25, -0.2) is 4.39 Å². The van der Waals surface area contributed by atoms with E-state index in [1.54, 1.807) is 0 Å². The monoisotopic (exact) mass is 256 g/mol. The Bertz CT molecular complexity index is 181. The van der Waals surface area contributed by atoms with Crippen molar-refractivity contribution in [2.75, 3.05) is 5.88 Å². The second kappa shape index (κ2) is 4.18. The van der Waals surface area contributed by atoms with Gasteiger partial charge < -0.3 is 5.11 Å². The minimum atomic E-state index is -2.87. The van der Waals surface area contributed by atoms with E-state index >= 15 is 0 Å². The van der Waals surface area contributed by atoms with Gasteiger partial charge in [-0.3, -0.25) is 4.79 Å². The van der Waals surface area contributed by atoms with Crippen LogP contribution in [0.4, 0.5) is 4.39 Å². The number of hydrogen-bond donors (Lipinski definition) is 1. The van der Waals surface area contributed by atoms with Crippen molar-refractivity contribution >= 4 is 52.4 Å². The van der Waals surface area contributed by atoms with Crippen molar-refractivity contribution in [2.45, 2.75) is 15.9 Å². The van der Waals surface area contributed by atoms with E-state index in [0.29, 0.717) is 0 Å². The highest BCUT2D eigenvalue weighted by molar-refractivity contribution is 6.53. The van der Waals surface area contributed by atoms with E-state index in [-0.39, 0.29) is 0 Å². The van der Waals surface area contributed by atoms with Gasteiger partial charge in [-0.05, 0) is 0 Å². The van der Waals surface area contributed by atoms with Gasteiger partial charge in [-0.1, -0.05) is 23.2 Å². The Balaban J connectivity index is 4.56. The molecule has 0 saturated heterocycles. The average Bonchev–Trinajstić information content (AvgIpc) is 1.83. The third-order valence-corrected chi connectivity index (χ3v) is 3.19. The molecule has 0 rings (SSSR count). The molecule has 0 aliphatic heterocycles. The summed E-state index contributed by atoms with van der Waals surface area (Å²) in [5, 5.41) is 8.32. The van der Waals surface area contributed by atoms with Crippen LogP contribution in [0, 0.1) is 0 Å². The van der Waals surface area contributed by atoms with E-state index in [2.05, 4.69) is 0 Å². The molecule has 0 spiro atoms. The Labute approximate surface area is 88.5 Å². The highest BCUT2D eigenvalue weighted by atomic mass is 35.5. The largest absolute Gasteiger partial charge is 0.481 e. The van der Waals surface area contributed by atoms with Crippen molar-refractivity contribution in [2.24, 2.45) is 0 Å². The van der Waals surface area contributed by atoms with E-state index in [4.69, 9.17) is 51.5 Å². The molecule has 0 amide bonds. The summed E-state index contributed by atoms with van der Waals surface area (Å²) in [4.78, 5) is 8.20. The molecule has 7 heteroatoms. The molecule has 12 heavy (non-hydrogen) atoms. The fourth-order valence-electron chi connectivity index (χ4n) is 0.463. The van der Waals surface area contributed by atoms with Crippen molar-refractivity contribution in [1.82, 2.24) is 0 Å². The Morgan fingerprint density at radius 3 is 1.92 bits per heavy atom. The summed E-state index contributed by atoms with van der Waals surface area (Å²) in [6, 6.07) is 0. The summed E-state index contributed by atoms with van der Waals surface area (Å²) in [7, 11) is 0. The van der Waals surface area contributed by atoms with Crippen LogP contribution in [-0.4, -0.2) is 26.4 Å². The van der Waals surface area contributed by atoms with Crippen LogP contribution in [0.25, 0.3) is 0 Å². The van der Waals surface area contributed by atoms with Crippen molar-refractivity contribution < 1.29 is 14.3 Å². The van der Waals surface area contributed by atoms with Crippen molar-refractivity contribution in [1.29, 1.82) is 0 Å². The smallest absolute Gasteiger partial charge is 0.305 e. The molecular weight excluding hydrogens is 253 g/mol. The molecule has 0 aromatic rings. The topological polar surface area (TPSA) is 37.3 Å². The average molecular weight is 258 g/mol. The van der Waals surface area contributed by atoms with Gasteiger partial charge in [0.25, 0.3) is 4.59 Å². The number of rotatable bonds is 4. The van der Waals surface area contributed by atoms with Crippen LogP contribution < -0.4 is 0 Å². The van der Waals surface area contributed by atoms with Crippen molar-refractivity contribution in [3.63, 3.8) is 0 Å². The molecule has 0 bridgehead atoms. The van der Waals surface area contributed by atoms with Crippen LogP contribution in [0.3, 0.4) is 0 Å². The molecule has 2 nitrogen and oxygen atoms in total. The maximum Gasteiger partial charge on any atom is 0.305 e. The Kier molecular flexibility index (Phi) is 4.38. The molecule has 1 atom stereocenters. The summed E-state index contributed by atoms with van der Waals surface area (Å²) in [5.41, 5.74) is 0. The number of aliphatic carboxylic acids is 1. The predicted octanol–water partition coefficient (Wildman–Crippen LogP) is 2.78. The van der Waals surface area contributed by atoms with Crippen molar-refractivity contribution in [3.05, 3.63) is 0 Å². The Morgan fingerprint density at radius 1 is 1.42 bits per heavy atom. The summed E-state index contributed by atoms with van der Waals surface area (Å²) < 4.78 is 9.98. The fraction of sp³-hybridized carbons (Fsp3) is 0.800. The maximum absolute atomic E-state index is 12.8. The van der Waals surface area contributed by atoms with Gasteiger partial charge in [0.15, 0.2) is 0 Å². The zero-order valence-corrected chi connectivity index (χ0v) is 8.68. The SMILES string of the molecule is O=C(O)CC(Cl)(CCl)C(F)(Cl)Cl. The minimum absolute atomic E-state index is 0.496.